The van der Waals surface area contributed by atoms with Crippen molar-refractivity contribution in [1.82, 2.24) is 15.1 Å². The van der Waals surface area contributed by atoms with Crippen molar-refractivity contribution in [1.29, 1.82) is 0 Å². The van der Waals surface area contributed by atoms with E-state index >= 15 is 0 Å². The van der Waals surface area contributed by atoms with Crippen LogP contribution in [-0.4, -0.2) is 60.9 Å². The molecule has 0 spiro atoms. The van der Waals surface area contributed by atoms with Crippen LogP contribution >= 0.6 is 11.3 Å². The molecule has 1 aromatic rings. The summed E-state index contributed by atoms with van der Waals surface area (Å²) in [6.45, 7) is 7.26. The van der Waals surface area contributed by atoms with Crippen molar-refractivity contribution >= 4 is 23.2 Å². The topological polar surface area (TPSA) is 52.7 Å². The number of carbonyl (C=O) groups is 2. The molecule has 0 bridgehead atoms. The van der Waals surface area contributed by atoms with Crippen molar-refractivity contribution in [2.75, 3.05) is 39.3 Å². The molecule has 2 amide bonds. The average molecular weight is 293 g/mol. The molecule has 0 atom stereocenters. The van der Waals surface area contributed by atoms with Gasteiger partial charge in [0.05, 0.1) is 11.4 Å². The quantitative estimate of drug-likeness (QED) is 0.660. The van der Waals surface area contributed by atoms with E-state index in [4.69, 9.17) is 0 Å². The largest absolute Gasteiger partial charge is 0.335 e. The summed E-state index contributed by atoms with van der Waals surface area (Å²) >= 11 is 1.47. The minimum Gasteiger partial charge on any atom is -0.335 e. The molecule has 1 aliphatic heterocycles. The van der Waals surface area contributed by atoms with Gasteiger partial charge in [0.25, 0.3) is 0 Å². The molecular formula is C14H19N3O2S. The SMILES string of the molecule is C=CCNC(=O)N1CCN(CC(=O)c2cccs2)CC1. The minimum absolute atomic E-state index is 0.0610. The number of rotatable bonds is 5. The van der Waals surface area contributed by atoms with Gasteiger partial charge in [-0.1, -0.05) is 12.1 Å². The molecular weight excluding hydrogens is 274 g/mol. The standard InChI is InChI=1S/C14H19N3O2S/c1-2-5-15-14(19)17-8-6-16(7-9-17)11-12(18)13-4-3-10-20-13/h2-4,10H,1,5-9,11H2,(H,15,19). The van der Waals surface area contributed by atoms with E-state index in [1.165, 1.54) is 11.3 Å². The number of carbonyl (C=O) groups excluding carboxylic acids is 2. The normalized spacial score (nSPS) is 15.9. The summed E-state index contributed by atoms with van der Waals surface area (Å²) < 4.78 is 0. The predicted molar refractivity (Wildman–Crippen MR) is 80.3 cm³/mol. The van der Waals surface area contributed by atoms with Crippen molar-refractivity contribution in [3.63, 3.8) is 0 Å². The Labute approximate surface area is 122 Å². The molecule has 108 valence electrons. The van der Waals surface area contributed by atoms with Gasteiger partial charge in [0, 0.05) is 32.7 Å². The third kappa shape index (κ3) is 3.91. The first-order chi connectivity index (χ1) is 9.70. The summed E-state index contributed by atoms with van der Waals surface area (Å²) in [7, 11) is 0. The Morgan fingerprint density at radius 1 is 1.35 bits per heavy atom. The van der Waals surface area contributed by atoms with Gasteiger partial charge in [0.1, 0.15) is 0 Å². The van der Waals surface area contributed by atoms with Crippen LogP contribution in [0.4, 0.5) is 4.79 Å². The zero-order valence-electron chi connectivity index (χ0n) is 11.4. The van der Waals surface area contributed by atoms with Crippen molar-refractivity contribution in [3.8, 4) is 0 Å². The second-order valence-electron chi connectivity index (χ2n) is 4.64. The van der Waals surface area contributed by atoms with Crippen LogP contribution in [-0.2, 0) is 0 Å². The van der Waals surface area contributed by atoms with Crippen LogP contribution in [0.1, 0.15) is 9.67 Å². The van der Waals surface area contributed by atoms with Crippen molar-refractivity contribution in [2.24, 2.45) is 0 Å². The Bertz CT molecular complexity index is 465. The van der Waals surface area contributed by atoms with Crippen molar-refractivity contribution in [3.05, 3.63) is 35.0 Å². The highest BCUT2D eigenvalue weighted by molar-refractivity contribution is 7.12. The van der Waals surface area contributed by atoms with Crippen LogP contribution in [0.3, 0.4) is 0 Å². The van der Waals surface area contributed by atoms with E-state index in [0.29, 0.717) is 26.2 Å². The maximum atomic E-state index is 12.0. The maximum absolute atomic E-state index is 12.0. The van der Waals surface area contributed by atoms with Crippen molar-refractivity contribution < 1.29 is 9.59 Å². The molecule has 0 aliphatic carbocycles. The Morgan fingerprint density at radius 3 is 2.70 bits per heavy atom. The molecule has 1 fully saturated rings. The molecule has 0 saturated carbocycles. The van der Waals surface area contributed by atoms with Crippen LogP contribution in [0.15, 0.2) is 30.2 Å². The lowest BCUT2D eigenvalue weighted by Gasteiger charge is -2.34. The van der Waals surface area contributed by atoms with Gasteiger partial charge < -0.3 is 10.2 Å². The molecule has 2 rings (SSSR count). The number of urea groups is 1. The molecule has 1 saturated heterocycles. The van der Waals surface area contributed by atoms with Gasteiger partial charge >= 0.3 is 6.03 Å². The number of nitrogens with one attached hydrogen (secondary N) is 1. The molecule has 1 N–H and O–H groups in total. The Hall–Kier alpha value is -1.66. The summed E-state index contributed by atoms with van der Waals surface area (Å²) in [5.41, 5.74) is 0. The molecule has 0 aromatic carbocycles. The van der Waals surface area contributed by atoms with Crippen LogP contribution < -0.4 is 5.32 Å². The van der Waals surface area contributed by atoms with Gasteiger partial charge in [0.2, 0.25) is 0 Å². The third-order valence-corrected chi connectivity index (χ3v) is 4.13. The van der Waals surface area contributed by atoms with E-state index in [9.17, 15) is 9.59 Å². The summed E-state index contributed by atoms with van der Waals surface area (Å²) in [5, 5.41) is 4.68. The van der Waals surface area contributed by atoms with Gasteiger partial charge in [-0.05, 0) is 11.4 Å². The molecule has 1 aliphatic rings. The number of hydrogen-bond donors (Lipinski definition) is 1. The van der Waals surface area contributed by atoms with E-state index in [0.717, 1.165) is 18.0 Å². The fourth-order valence-corrected chi connectivity index (χ4v) is 2.76. The fraction of sp³-hybridized carbons (Fsp3) is 0.429. The molecule has 1 aromatic heterocycles. The zero-order valence-corrected chi connectivity index (χ0v) is 12.2. The van der Waals surface area contributed by atoms with E-state index in [-0.39, 0.29) is 11.8 Å². The number of hydrogen-bond acceptors (Lipinski definition) is 4. The van der Waals surface area contributed by atoms with E-state index in [1.54, 1.807) is 11.0 Å². The van der Waals surface area contributed by atoms with Crippen LogP contribution in [0, 0.1) is 0 Å². The van der Waals surface area contributed by atoms with Crippen LogP contribution in [0.5, 0.6) is 0 Å². The Balaban J connectivity index is 1.75. The maximum Gasteiger partial charge on any atom is 0.317 e. The lowest BCUT2D eigenvalue weighted by molar-refractivity contribution is 0.0882. The first-order valence-corrected chi connectivity index (χ1v) is 7.51. The molecule has 5 nitrogen and oxygen atoms in total. The summed E-state index contributed by atoms with van der Waals surface area (Å²) in [6, 6.07) is 3.68. The lowest BCUT2D eigenvalue weighted by Crippen LogP contribution is -2.52. The molecule has 0 radical (unpaired) electrons. The first kappa shape index (κ1) is 14.7. The average Bonchev–Trinajstić information content (AvgIpc) is 3.00. The Kier molecular flexibility index (Phi) is 5.31. The summed E-state index contributed by atoms with van der Waals surface area (Å²) in [4.78, 5) is 28.4. The second-order valence-corrected chi connectivity index (χ2v) is 5.59. The predicted octanol–water partition coefficient (Wildman–Crippen LogP) is 1.44. The lowest BCUT2D eigenvalue weighted by atomic mass is 10.2. The molecule has 20 heavy (non-hydrogen) atoms. The monoisotopic (exact) mass is 293 g/mol. The van der Waals surface area contributed by atoms with Gasteiger partial charge in [-0.3, -0.25) is 9.69 Å². The highest BCUT2D eigenvalue weighted by Crippen LogP contribution is 2.11. The minimum atomic E-state index is -0.0610. The zero-order chi connectivity index (χ0) is 14.4. The van der Waals surface area contributed by atoms with Gasteiger partial charge in [-0.25, -0.2) is 4.79 Å². The number of amides is 2. The highest BCUT2D eigenvalue weighted by Gasteiger charge is 2.22. The van der Waals surface area contributed by atoms with Crippen molar-refractivity contribution in [2.45, 2.75) is 0 Å². The fourth-order valence-electron chi connectivity index (χ4n) is 2.10. The molecule has 6 heteroatoms. The summed E-state index contributed by atoms with van der Waals surface area (Å²) in [5.74, 6) is 0.157. The summed E-state index contributed by atoms with van der Waals surface area (Å²) in [6.07, 6.45) is 1.66. The second kappa shape index (κ2) is 7.21. The van der Waals surface area contributed by atoms with Crippen LogP contribution in [0.25, 0.3) is 0 Å². The van der Waals surface area contributed by atoms with E-state index in [2.05, 4.69) is 16.8 Å². The number of ketones is 1. The van der Waals surface area contributed by atoms with Gasteiger partial charge in [0.15, 0.2) is 5.78 Å². The first-order valence-electron chi connectivity index (χ1n) is 6.63. The highest BCUT2D eigenvalue weighted by atomic mass is 32.1. The number of piperazine rings is 1. The van der Waals surface area contributed by atoms with Gasteiger partial charge in [-0.15, -0.1) is 17.9 Å². The number of thiophene rings is 1. The smallest absolute Gasteiger partial charge is 0.317 e. The van der Waals surface area contributed by atoms with Crippen LogP contribution in [0.2, 0.25) is 0 Å². The number of Topliss-reactive ketones (excluding diaryl/α,β-unsaturated/α-hetero) is 1. The molecule has 2 heterocycles. The van der Waals surface area contributed by atoms with E-state index in [1.807, 2.05) is 17.5 Å². The third-order valence-electron chi connectivity index (χ3n) is 3.22. The van der Waals surface area contributed by atoms with Gasteiger partial charge in [-0.2, -0.15) is 0 Å². The van der Waals surface area contributed by atoms with E-state index < -0.39 is 0 Å². The number of nitrogens with zero attached hydrogens (tertiary/aromatic N) is 2. The molecule has 0 unspecified atom stereocenters. The Morgan fingerprint density at radius 2 is 2.10 bits per heavy atom.